The third-order valence-electron chi connectivity index (χ3n) is 3.81. The van der Waals surface area contributed by atoms with Crippen LogP contribution in [0.5, 0.6) is 0 Å². The standard InChI is InChI=1S/C18H10O2/c19-17-15-13-7-3-1-5-11(13)9-10-12-6-2-4-8-14(12)16(15)18(17)20/h1-10H/b10-9-,11-9?,12-10?,15-13?,16-14?. The highest BCUT2D eigenvalue weighted by Crippen LogP contribution is 2.35. The molecule has 3 aromatic rings. The van der Waals surface area contributed by atoms with Gasteiger partial charge in [-0.2, -0.15) is 0 Å². The average Bonchev–Trinajstić information content (AvgIpc) is 2.48. The first-order chi connectivity index (χ1) is 9.77. The van der Waals surface area contributed by atoms with Crippen molar-refractivity contribution in [2.45, 2.75) is 0 Å². The summed E-state index contributed by atoms with van der Waals surface area (Å²) in [6, 6.07) is 15.4. The Morgan fingerprint density at radius 3 is 1.40 bits per heavy atom. The maximum absolute atomic E-state index is 12.0. The molecule has 1 aliphatic carbocycles. The van der Waals surface area contributed by atoms with Crippen LogP contribution in [0.3, 0.4) is 0 Å². The quantitative estimate of drug-likeness (QED) is 0.454. The highest BCUT2D eigenvalue weighted by molar-refractivity contribution is 5.97. The Morgan fingerprint density at radius 1 is 0.550 bits per heavy atom. The summed E-state index contributed by atoms with van der Waals surface area (Å²) in [7, 11) is 0. The van der Waals surface area contributed by atoms with E-state index in [4.69, 9.17) is 0 Å². The number of rotatable bonds is 0. The van der Waals surface area contributed by atoms with Crippen molar-refractivity contribution in [2.75, 3.05) is 0 Å². The van der Waals surface area contributed by atoms with E-state index >= 15 is 0 Å². The van der Waals surface area contributed by atoms with Gasteiger partial charge in [0.05, 0.1) is 0 Å². The Labute approximate surface area is 115 Å². The zero-order chi connectivity index (χ0) is 13.7. The largest absolute Gasteiger partial charge is 0.285 e. The van der Waals surface area contributed by atoms with E-state index < -0.39 is 0 Å². The molecule has 0 aliphatic heterocycles. The van der Waals surface area contributed by atoms with Gasteiger partial charge in [-0.05, 0) is 22.3 Å². The highest BCUT2D eigenvalue weighted by Gasteiger charge is 2.26. The Balaban J connectivity index is 2.17. The van der Waals surface area contributed by atoms with Gasteiger partial charge in [0.25, 0.3) is 0 Å². The normalized spacial score (nSPS) is 13.8. The predicted molar refractivity (Wildman–Crippen MR) is 81.2 cm³/mol. The van der Waals surface area contributed by atoms with E-state index in [1.165, 1.54) is 0 Å². The van der Waals surface area contributed by atoms with E-state index in [1.807, 2.05) is 60.7 Å². The van der Waals surface area contributed by atoms with E-state index in [0.29, 0.717) is 11.1 Å². The first-order valence-corrected chi connectivity index (χ1v) is 6.47. The molecule has 0 N–H and O–H groups in total. The number of fused-ring (bicyclic) bond motifs is 5. The second-order valence-corrected chi connectivity index (χ2v) is 4.92. The summed E-state index contributed by atoms with van der Waals surface area (Å²) in [4.78, 5) is 24.0. The third kappa shape index (κ3) is 1.33. The van der Waals surface area contributed by atoms with Crippen LogP contribution in [-0.2, 0) is 0 Å². The third-order valence-corrected chi connectivity index (χ3v) is 3.81. The van der Waals surface area contributed by atoms with Gasteiger partial charge in [0.2, 0.25) is 10.9 Å². The summed E-state index contributed by atoms with van der Waals surface area (Å²) in [6.45, 7) is 0. The van der Waals surface area contributed by atoms with E-state index in [0.717, 1.165) is 22.3 Å². The fourth-order valence-electron chi connectivity index (χ4n) is 2.83. The Hall–Kier alpha value is -2.74. The van der Waals surface area contributed by atoms with Gasteiger partial charge < -0.3 is 0 Å². The molecule has 1 aliphatic rings. The molecular weight excluding hydrogens is 248 g/mol. The zero-order valence-corrected chi connectivity index (χ0v) is 10.6. The van der Waals surface area contributed by atoms with Crippen LogP contribution in [0, 0.1) is 0 Å². The van der Waals surface area contributed by atoms with Gasteiger partial charge in [0, 0.05) is 11.1 Å². The van der Waals surface area contributed by atoms with E-state index in [2.05, 4.69) is 0 Å². The van der Waals surface area contributed by atoms with Gasteiger partial charge in [-0.25, -0.2) is 0 Å². The van der Waals surface area contributed by atoms with Crippen molar-refractivity contribution in [1.82, 2.24) is 0 Å². The molecular formula is C18H10O2. The van der Waals surface area contributed by atoms with Crippen LogP contribution in [0.1, 0.15) is 11.1 Å². The second kappa shape index (κ2) is 3.87. The van der Waals surface area contributed by atoms with E-state index in [-0.39, 0.29) is 10.9 Å². The van der Waals surface area contributed by atoms with Crippen LogP contribution < -0.4 is 10.9 Å². The first kappa shape index (κ1) is 11.1. The van der Waals surface area contributed by atoms with Crippen molar-refractivity contribution in [2.24, 2.45) is 0 Å². The molecule has 0 bridgehead atoms. The fourth-order valence-corrected chi connectivity index (χ4v) is 2.83. The smallest absolute Gasteiger partial charge is 0.234 e. The van der Waals surface area contributed by atoms with Crippen LogP contribution in [0.25, 0.3) is 34.4 Å². The minimum atomic E-state index is -0.377. The fraction of sp³-hybridized carbons (Fsp3) is 0. The molecule has 0 saturated heterocycles. The van der Waals surface area contributed by atoms with Crippen molar-refractivity contribution < 1.29 is 0 Å². The lowest BCUT2D eigenvalue weighted by Gasteiger charge is -2.17. The molecule has 0 heterocycles. The van der Waals surface area contributed by atoms with Gasteiger partial charge in [-0.3, -0.25) is 9.59 Å². The van der Waals surface area contributed by atoms with Gasteiger partial charge >= 0.3 is 0 Å². The molecule has 4 rings (SSSR count). The molecule has 0 spiro atoms. The van der Waals surface area contributed by atoms with Crippen molar-refractivity contribution in [1.29, 1.82) is 0 Å². The number of hydrogen-bond donors (Lipinski definition) is 0. The molecule has 3 aromatic carbocycles. The summed E-state index contributed by atoms with van der Waals surface area (Å²) < 4.78 is 0. The average molecular weight is 258 g/mol. The molecule has 0 unspecified atom stereocenters. The van der Waals surface area contributed by atoms with Gasteiger partial charge in [0.15, 0.2) is 0 Å². The van der Waals surface area contributed by atoms with E-state index in [9.17, 15) is 9.59 Å². The summed E-state index contributed by atoms with van der Waals surface area (Å²) >= 11 is 0. The molecule has 0 saturated carbocycles. The molecule has 0 amide bonds. The lowest BCUT2D eigenvalue weighted by molar-refractivity contribution is 1.39. The SMILES string of the molecule is O=c1c2c(c1=O)-c1ccccc1/C=C\c1ccccc1-2. The molecule has 2 nitrogen and oxygen atoms in total. The van der Waals surface area contributed by atoms with Crippen molar-refractivity contribution >= 4 is 12.2 Å². The van der Waals surface area contributed by atoms with Crippen molar-refractivity contribution in [3.63, 3.8) is 0 Å². The number of hydrogen-bond acceptors (Lipinski definition) is 2. The Bertz CT molecular complexity index is 861. The number of benzene rings is 2. The molecule has 0 radical (unpaired) electrons. The van der Waals surface area contributed by atoms with Crippen molar-refractivity contribution in [3.8, 4) is 22.3 Å². The Morgan fingerprint density at radius 2 is 0.950 bits per heavy atom. The molecule has 0 fully saturated rings. The summed E-state index contributed by atoms with van der Waals surface area (Å²) in [6.07, 6.45) is 3.99. The molecule has 94 valence electrons. The van der Waals surface area contributed by atoms with Crippen LogP contribution in [0.2, 0.25) is 0 Å². The maximum Gasteiger partial charge on any atom is 0.234 e. The van der Waals surface area contributed by atoms with E-state index in [1.54, 1.807) is 0 Å². The molecule has 2 heteroatoms. The first-order valence-electron chi connectivity index (χ1n) is 6.47. The van der Waals surface area contributed by atoms with Gasteiger partial charge in [-0.15, -0.1) is 0 Å². The monoisotopic (exact) mass is 258 g/mol. The Kier molecular flexibility index (Phi) is 2.15. The van der Waals surface area contributed by atoms with Crippen molar-refractivity contribution in [3.05, 3.63) is 80.1 Å². The second-order valence-electron chi connectivity index (χ2n) is 4.92. The summed E-state index contributed by atoms with van der Waals surface area (Å²) in [5.41, 5.74) is 3.99. The predicted octanol–water partition coefficient (Wildman–Crippen LogP) is 3.10. The lowest BCUT2D eigenvalue weighted by Crippen LogP contribution is -2.35. The minimum absolute atomic E-state index is 0.377. The van der Waals surface area contributed by atoms with Gasteiger partial charge in [-0.1, -0.05) is 60.7 Å². The summed E-state index contributed by atoms with van der Waals surface area (Å²) in [5.74, 6) is 0. The van der Waals surface area contributed by atoms with Crippen LogP contribution in [0.15, 0.2) is 58.1 Å². The van der Waals surface area contributed by atoms with Crippen LogP contribution >= 0.6 is 0 Å². The molecule has 20 heavy (non-hydrogen) atoms. The summed E-state index contributed by atoms with van der Waals surface area (Å²) in [5, 5.41) is 0. The molecule has 0 aromatic heterocycles. The van der Waals surface area contributed by atoms with Gasteiger partial charge in [0.1, 0.15) is 0 Å². The maximum atomic E-state index is 12.0. The highest BCUT2D eigenvalue weighted by atomic mass is 16.2. The topological polar surface area (TPSA) is 34.1 Å². The zero-order valence-electron chi connectivity index (χ0n) is 10.6. The van der Waals surface area contributed by atoms with Crippen LogP contribution in [0.4, 0.5) is 0 Å². The van der Waals surface area contributed by atoms with Crippen LogP contribution in [-0.4, -0.2) is 0 Å². The minimum Gasteiger partial charge on any atom is -0.285 e. The molecule has 0 atom stereocenters. The lowest BCUT2D eigenvalue weighted by atomic mass is 9.83.